The number of carbonyl (C=O) groups is 2. The smallest absolute Gasteiger partial charge is 0.375 e. The summed E-state index contributed by atoms with van der Waals surface area (Å²) in [5.74, 6) is -0.889. The summed E-state index contributed by atoms with van der Waals surface area (Å²) in [6, 6.07) is 7.80. The molecule has 1 aromatic heterocycles. The summed E-state index contributed by atoms with van der Waals surface area (Å²) in [7, 11) is 0. The maximum atomic E-state index is 12.4. The van der Waals surface area contributed by atoms with Gasteiger partial charge in [0.1, 0.15) is 11.3 Å². The largest absolute Gasteiger partial charge is 0.462 e. The van der Waals surface area contributed by atoms with E-state index in [0.29, 0.717) is 11.3 Å². The molecule has 5 heteroatoms. The maximum Gasteiger partial charge on any atom is 0.375 e. The molecule has 1 heterocycles. The van der Waals surface area contributed by atoms with Gasteiger partial charge in [-0.05, 0) is 38.3 Å². The van der Waals surface area contributed by atoms with Crippen molar-refractivity contribution in [3.8, 4) is 11.1 Å². The molecule has 0 fully saturated rings. The highest BCUT2D eigenvalue weighted by atomic mass is 16.5. The van der Waals surface area contributed by atoms with E-state index in [4.69, 9.17) is 13.9 Å². The molecule has 2 aromatic rings. The number of esters is 2. The molecule has 0 aliphatic heterocycles. The van der Waals surface area contributed by atoms with Gasteiger partial charge in [-0.1, -0.05) is 31.2 Å². The topological polar surface area (TPSA) is 65.7 Å². The molecule has 0 aliphatic rings. The first-order valence-electron chi connectivity index (χ1n) is 8.10. The molecule has 0 radical (unpaired) electrons. The molecule has 0 saturated heterocycles. The average Bonchev–Trinajstić information content (AvgIpc) is 2.93. The first-order chi connectivity index (χ1) is 11.5. The molecule has 0 atom stereocenters. The number of ether oxygens (including phenoxy) is 2. The zero-order chi connectivity index (χ0) is 17.7. The maximum absolute atomic E-state index is 12.4. The Labute approximate surface area is 141 Å². The number of carbonyl (C=O) groups excluding carboxylic acids is 2. The molecule has 0 saturated carbocycles. The molecule has 0 unspecified atom stereocenters. The Morgan fingerprint density at radius 1 is 0.958 bits per heavy atom. The third-order valence-corrected chi connectivity index (χ3v) is 3.68. The molecule has 0 amide bonds. The molecule has 128 valence electrons. The molecule has 5 nitrogen and oxygen atoms in total. The van der Waals surface area contributed by atoms with Gasteiger partial charge in [0.15, 0.2) is 0 Å². The van der Waals surface area contributed by atoms with Crippen molar-refractivity contribution < 1.29 is 23.5 Å². The second kappa shape index (κ2) is 7.81. The van der Waals surface area contributed by atoms with Crippen molar-refractivity contribution in [2.75, 3.05) is 13.2 Å². The van der Waals surface area contributed by atoms with Crippen LogP contribution in [0.3, 0.4) is 0 Å². The second-order valence-corrected chi connectivity index (χ2v) is 5.23. The van der Waals surface area contributed by atoms with Crippen LogP contribution in [-0.4, -0.2) is 25.2 Å². The van der Waals surface area contributed by atoms with Crippen LogP contribution in [0.5, 0.6) is 0 Å². The van der Waals surface area contributed by atoms with E-state index in [0.717, 1.165) is 12.0 Å². The van der Waals surface area contributed by atoms with Crippen LogP contribution in [0.2, 0.25) is 0 Å². The van der Waals surface area contributed by atoms with E-state index >= 15 is 0 Å². The zero-order valence-corrected chi connectivity index (χ0v) is 14.5. The van der Waals surface area contributed by atoms with E-state index in [2.05, 4.69) is 6.92 Å². The van der Waals surface area contributed by atoms with Crippen LogP contribution in [-0.2, 0) is 15.9 Å². The van der Waals surface area contributed by atoms with Crippen LogP contribution in [0.1, 0.15) is 53.0 Å². The average molecular weight is 330 g/mol. The molecule has 2 rings (SSSR count). The number of rotatable bonds is 6. The molecule has 0 aliphatic carbocycles. The van der Waals surface area contributed by atoms with Gasteiger partial charge in [-0.25, -0.2) is 9.59 Å². The fourth-order valence-electron chi connectivity index (χ4n) is 2.54. The lowest BCUT2D eigenvalue weighted by molar-refractivity contribution is 0.0451. The van der Waals surface area contributed by atoms with Gasteiger partial charge in [0.25, 0.3) is 0 Å². The Kier molecular flexibility index (Phi) is 5.79. The Hall–Kier alpha value is -2.56. The molecule has 0 spiro atoms. The Morgan fingerprint density at radius 2 is 1.54 bits per heavy atom. The quantitative estimate of drug-likeness (QED) is 0.744. The van der Waals surface area contributed by atoms with E-state index in [1.807, 2.05) is 24.3 Å². The van der Waals surface area contributed by atoms with E-state index in [9.17, 15) is 9.59 Å². The van der Waals surface area contributed by atoms with Gasteiger partial charge in [0.2, 0.25) is 5.76 Å². The monoisotopic (exact) mass is 330 g/mol. The highest BCUT2D eigenvalue weighted by molar-refractivity contribution is 6.07. The van der Waals surface area contributed by atoms with E-state index in [1.54, 1.807) is 20.8 Å². The Bertz CT molecular complexity index is 725. The van der Waals surface area contributed by atoms with Crippen LogP contribution < -0.4 is 0 Å². The normalized spacial score (nSPS) is 10.5. The highest BCUT2D eigenvalue weighted by Crippen LogP contribution is 2.33. The zero-order valence-electron chi connectivity index (χ0n) is 14.5. The third kappa shape index (κ3) is 3.50. The fraction of sp³-hybridized carbons (Fsp3) is 0.368. The fourth-order valence-corrected chi connectivity index (χ4v) is 2.54. The lowest BCUT2D eigenvalue weighted by atomic mass is 9.98. The molecular formula is C19H22O5. The van der Waals surface area contributed by atoms with Crippen LogP contribution in [0.4, 0.5) is 0 Å². The molecule has 24 heavy (non-hydrogen) atoms. The minimum Gasteiger partial charge on any atom is -0.462 e. The number of furan rings is 1. The predicted molar refractivity (Wildman–Crippen MR) is 90.2 cm³/mol. The summed E-state index contributed by atoms with van der Waals surface area (Å²) in [6.07, 6.45) is 0.920. The lowest BCUT2D eigenvalue weighted by Gasteiger charge is -2.07. The van der Waals surface area contributed by atoms with Gasteiger partial charge >= 0.3 is 11.9 Å². The minimum atomic E-state index is -0.667. The van der Waals surface area contributed by atoms with Crippen molar-refractivity contribution in [2.45, 2.75) is 34.1 Å². The standard InChI is InChI=1S/C19H22O5/c1-5-13-8-10-14(11-9-13)15-12(4)24-17(19(21)23-7-3)16(15)18(20)22-6-2/h8-11H,5-7H2,1-4H3. The van der Waals surface area contributed by atoms with Gasteiger partial charge in [-0.2, -0.15) is 0 Å². The third-order valence-electron chi connectivity index (χ3n) is 3.68. The van der Waals surface area contributed by atoms with Gasteiger partial charge in [-0.15, -0.1) is 0 Å². The van der Waals surface area contributed by atoms with Gasteiger partial charge in [0.05, 0.1) is 13.2 Å². The van der Waals surface area contributed by atoms with Crippen molar-refractivity contribution in [3.05, 3.63) is 46.9 Å². The number of hydrogen-bond acceptors (Lipinski definition) is 5. The van der Waals surface area contributed by atoms with E-state index < -0.39 is 11.9 Å². The number of aryl methyl sites for hydroxylation is 2. The Morgan fingerprint density at radius 3 is 2.08 bits per heavy atom. The van der Waals surface area contributed by atoms with Gasteiger partial charge < -0.3 is 13.9 Å². The number of hydrogen-bond donors (Lipinski definition) is 0. The van der Waals surface area contributed by atoms with E-state index in [-0.39, 0.29) is 24.5 Å². The Balaban J connectivity index is 2.60. The first-order valence-corrected chi connectivity index (χ1v) is 8.10. The molecule has 1 aromatic carbocycles. The number of benzene rings is 1. The second-order valence-electron chi connectivity index (χ2n) is 5.23. The lowest BCUT2D eigenvalue weighted by Crippen LogP contribution is -2.13. The van der Waals surface area contributed by atoms with Crippen LogP contribution in [0.15, 0.2) is 28.7 Å². The molecule has 0 bridgehead atoms. The summed E-state index contributed by atoms with van der Waals surface area (Å²) in [5.41, 5.74) is 2.67. The summed E-state index contributed by atoms with van der Waals surface area (Å²) >= 11 is 0. The highest BCUT2D eigenvalue weighted by Gasteiger charge is 2.30. The molecule has 0 N–H and O–H groups in total. The van der Waals surface area contributed by atoms with Crippen molar-refractivity contribution in [3.63, 3.8) is 0 Å². The van der Waals surface area contributed by atoms with Gasteiger partial charge in [-0.3, -0.25) is 0 Å². The van der Waals surface area contributed by atoms with Crippen LogP contribution >= 0.6 is 0 Å². The summed E-state index contributed by atoms with van der Waals surface area (Å²) < 4.78 is 15.7. The van der Waals surface area contributed by atoms with Crippen molar-refractivity contribution in [1.82, 2.24) is 0 Å². The van der Waals surface area contributed by atoms with Gasteiger partial charge in [0, 0.05) is 5.56 Å². The van der Waals surface area contributed by atoms with E-state index in [1.165, 1.54) is 5.56 Å². The summed E-state index contributed by atoms with van der Waals surface area (Å²) in [5, 5.41) is 0. The first kappa shape index (κ1) is 17.8. The van der Waals surface area contributed by atoms with Crippen LogP contribution in [0.25, 0.3) is 11.1 Å². The predicted octanol–water partition coefficient (Wildman–Crippen LogP) is 4.17. The summed E-state index contributed by atoms with van der Waals surface area (Å²) in [6.45, 7) is 7.60. The summed E-state index contributed by atoms with van der Waals surface area (Å²) in [4.78, 5) is 24.6. The SMILES string of the molecule is CCOC(=O)c1oc(C)c(-c2ccc(CC)cc2)c1C(=O)OCC. The minimum absolute atomic E-state index is 0.109. The van der Waals surface area contributed by atoms with Crippen molar-refractivity contribution >= 4 is 11.9 Å². The molecular weight excluding hydrogens is 308 g/mol. The van der Waals surface area contributed by atoms with Crippen molar-refractivity contribution in [2.24, 2.45) is 0 Å². The van der Waals surface area contributed by atoms with Crippen LogP contribution in [0, 0.1) is 6.92 Å². The van der Waals surface area contributed by atoms with Crippen molar-refractivity contribution in [1.29, 1.82) is 0 Å².